The van der Waals surface area contributed by atoms with Gasteiger partial charge in [0.15, 0.2) is 0 Å². The lowest BCUT2D eigenvalue weighted by Gasteiger charge is -2.25. The third-order valence-corrected chi connectivity index (χ3v) is 4.33. The van der Waals surface area contributed by atoms with Crippen LogP contribution in [0.4, 0.5) is 8.78 Å². The van der Waals surface area contributed by atoms with E-state index in [2.05, 4.69) is 29.8 Å². The summed E-state index contributed by atoms with van der Waals surface area (Å²) < 4.78 is 27.8. The third kappa shape index (κ3) is 2.75. The van der Waals surface area contributed by atoms with Crippen molar-refractivity contribution in [3.8, 4) is 0 Å². The van der Waals surface area contributed by atoms with E-state index >= 15 is 0 Å². The Morgan fingerprint density at radius 3 is 2.50 bits per heavy atom. The lowest BCUT2D eigenvalue weighted by atomic mass is 9.86. The van der Waals surface area contributed by atoms with Crippen LogP contribution in [0.2, 0.25) is 0 Å². The zero-order valence-electron chi connectivity index (χ0n) is 10.6. The van der Waals surface area contributed by atoms with Crippen molar-refractivity contribution in [1.82, 2.24) is 0 Å². The second-order valence-electron chi connectivity index (χ2n) is 6.06. The molecule has 1 fully saturated rings. The second-order valence-corrected chi connectivity index (χ2v) is 6.92. The lowest BCUT2D eigenvalue weighted by molar-refractivity contribution is 0.0361. The van der Waals surface area contributed by atoms with Crippen LogP contribution in [0.15, 0.2) is 16.6 Å². The Morgan fingerprint density at radius 2 is 1.94 bits per heavy atom. The van der Waals surface area contributed by atoms with Crippen LogP contribution in [0, 0.1) is 17.0 Å². The molecule has 0 radical (unpaired) electrons. The van der Waals surface area contributed by atoms with E-state index in [1.165, 1.54) is 12.1 Å². The van der Waals surface area contributed by atoms with Crippen molar-refractivity contribution >= 4 is 15.9 Å². The molecule has 1 unspecified atom stereocenters. The van der Waals surface area contributed by atoms with Gasteiger partial charge in [-0.1, -0.05) is 13.8 Å². The Balaban J connectivity index is 2.28. The van der Waals surface area contributed by atoms with Crippen molar-refractivity contribution < 1.29 is 13.9 Å². The Morgan fingerprint density at radius 1 is 1.28 bits per heavy atom. The summed E-state index contributed by atoms with van der Waals surface area (Å²) in [5.41, 5.74) is -0.982. The van der Waals surface area contributed by atoms with Gasteiger partial charge in [-0.3, -0.25) is 0 Å². The monoisotopic (exact) mass is 318 g/mol. The average molecular weight is 319 g/mol. The summed E-state index contributed by atoms with van der Waals surface area (Å²) in [6.07, 6.45) is 2.07. The van der Waals surface area contributed by atoms with Crippen molar-refractivity contribution in [2.45, 2.75) is 45.1 Å². The van der Waals surface area contributed by atoms with Gasteiger partial charge in [0.2, 0.25) is 0 Å². The zero-order valence-corrected chi connectivity index (χ0v) is 12.2. The van der Waals surface area contributed by atoms with Gasteiger partial charge in [0.25, 0.3) is 0 Å². The summed E-state index contributed by atoms with van der Waals surface area (Å²) in [6.45, 7) is 4.14. The number of aliphatic hydroxyl groups is 1. The largest absolute Gasteiger partial charge is 0.390 e. The molecule has 0 aliphatic heterocycles. The zero-order chi connectivity index (χ0) is 13.6. The van der Waals surface area contributed by atoms with Crippen molar-refractivity contribution in [1.29, 1.82) is 0 Å². The van der Waals surface area contributed by atoms with E-state index < -0.39 is 17.2 Å². The molecule has 0 heterocycles. The average Bonchev–Trinajstić information content (AvgIpc) is 2.54. The second kappa shape index (κ2) is 4.57. The fourth-order valence-electron chi connectivity index (χ4n) is 2.85. The predicted octanol–water partition coefficient (Wildman–Crippen LogP) is 4.21. The highest BCUT2D eigenvalue weighted by atomic mass is 79.9. The first-order valence-electron chi connectivity index (χ1n) is 6.07. The van der Waals surface area contributed by atoms with E-state index in [1.54, 1.807) is 0 Å². The van der Waals surface area contributed by atoms with E-state index in [0.29, 0.717) is 12.8 Å². The van der Waals surface area contributed by atoms with Crippen LogP contribution in [0.25, 0.3) is 0 Å². The number of hydrogen-bond donors (Lipinski definition) is 1. The maximum atomic E-state index is 13.9. The van der Waals surface area contributed by atoms with Crippen molar-refractivity contribution in [2.75, 3.05) is 0 Å². The highest BCUT2D eigenvalue weighted by molar-refractivity contribution is 9.10. The molecule has 0 saturated heterocycles. The standard InChI is InChI=1S/C14H17BrF2O/c1-13(2)5-6-14(18,8-13)7-9-11(16)4-3-10(15)12(9)17/h3-4,18H,5-8H2,1-2H3. The molecule has 1 saturated carbocycles. The van der Waals surface area contributed by atoms with Crippen LogP contribution in [0.3, 0.4) is 0 Å². The molecule has 1 aromatic carbocycles. The van der Waals surface area contributed by atoms with Gasteiger partial charge < -0.3 is 5.11 Å². The van der Waals surface area contributed by atoms with Gasteiger partial charge in [0.05, 0.1) is 10.1 Å². The summed E-state index contributed by atoms with van der Waals surface area (Å²) >= 11 is 3.05. The maximum Gasteiger partial charge on any atom is 0.143 e. The Hall–Kier alpha value is -0.480. The summed E-state index contributed by atoms with van der Waals surface area (Å²) in [5.74, 6) is -1.19. The molecule has 1 aliphatic rings. The number of halogens is 3. The SMILES string of the molecule is CC1(C)CCC(O)(Cc2c(F)ccc(Br)c2F)C1. The predicted molar refractivity (Wildman–Crippen MR) is 70.3 cm³/mol. The highest BCUT2D eigenvalue weighted by Gasteiger charge is 2.42. The van der Waals surface area contributed by atoms with Gasteiger partial charge in [-0.05, 0) is 52.7 Å². The molecule has 1 aromatic rings. The summed E-state index contributed by atoms with van der Waals surface area (Å²) in [5, 5.41) is 10.5. The smallest absolute Gasteiger partial charge is 0.143 e. The van der Waals surface area contributed by atoms with Crippen LogP contribution in [0.1, 0.15) is 38.7 Å². The van der Waals surface area contributed by atoms with Crippen molar-refractivity contribution in [3.05, 3.63) is 33.8 Å². The summed E-state index contributed by atoms with van der Waals surface area (Å²) in [4.78, 5) is 0. The molecular formula is C14H17BrF2O. The molecule has 0 aromatic heterocycles. The molecule has 0 spiro atoms. The van der Waals surface area contributed by atoms with Crippen molar-refractivity contribution in [2.24, 2.45) is 5.41 Å². The van der Waals surface area contributed by atoms with Crippen LogP contribution < -0.4 is 0 Å². The molecule has 100 valence electrons. The number of rotatable bonds is 2. The Bertz CT molecular complexity index is 473. The lowest BCUT2D eigenvalue weighted by Crippen LogP contribution is -2.30. The van der Waals surface area contributed by atoms with Gasteiger partial charge in [-0.2, -0.15) is 0 Å². The van der Waals surface area contributed by atoms with Gasteiger partial charge in [-0.25, -0.2) is 8.78 Å². The molecular weight excluding hydrogens is 302 g/mol. The van der Waals surface area contributed by atoms with Crippen LogP contribution in [0.5, 0.6) is 0 Å². The molecule has 0 bridgehead atoms. The molecule has 1 N–H and O–H groups in total. The summed E-state index contributed by atoms with van der Waals surface area (Å²) in [7, 11) is 0. The first-order valence-corrected chi connectivity index (χ1v) is 6.87. The van der Waals surface area contributed by atoms with E-state index in [9.17, 15) is 13.9 Å². The molecule has 4 heteroatoms. The highest BCUT2D eigenvalue weighted by Crippen LogP contribution is 2.45. The minimum absolute atomic E-state index is 0.0235. The fraction of sp³-hybridized carbons (Fsp3) is 0.571. The van der Waals surface area contributed by atoms with E-state index in [4.69, 9.17) is 0 Å². The summed E-state index contributed by atoms with van der Waals surface area (Å²) in [6, 6.07) is 2.57. The fourth-order valence-corrected chi connectivity index (χ4v) is 3.22. The molecule has 2 rings (SSSR count). The van der Waals surface area contributed by atoms with Crippen LogP contribution in [-0.2, 0) is 6.42 Å². The Labute approximate surface area is 114 Å². The minimum atomic E-state index is -0.994. The number of hydrogen-bond acceptors (Lipinski definition) is 1. The normalized spacial score (nSPS) is 26.6. The topological polar surface area (TPSA) is 20.2 Å². The van der Waals surface area contributed by atoms with Crippen LogP contribution >= 0.6 is 15.9 Å². The van der Waals surface area contributed by atoms with E-state index in [-0.39, 0.29) is 21.9 Å². The first kappa shape index (κ1) is 13.9. The first-order chi connectivity index (χ1) is 8.22. The van der Waals surface area contributed by atoms with Gasteiger partial charge >= 0.3 is 0 Å². The maximum absolute atomic E-state index is 13.9. The third-order valence-electron chi connectivity index (χ3n) is 3.72. The van der Waals surface area contributed by atoms with Crippen LogP contribution in [-0.4, -0.2) is 10.7 Å². The van der Waals surface area contributed by atoms with Crippen molar-refractivity contribution in [3.63, 3.8) is 0 Å². The van der Waals surface area contributed by atoms with Gasteiger partial charge in [0.1, 0.15) is 11.6 Å². The van der Waals surface area contributed by atoms with E-state index in [1.807, 2.05) is 0 Å². The van der Waals surface area contributed by atoms with Gasteiger partial charge in [0, 0.05) is 12.0 Å². The minimum Gasteiger partial charge on any atom is -0.390 e. The molecule has 1 aliphatic carbocycles. The van der Waals surface area contributed by atoms with E-state index in [0.717, 1.165) is 6.42 Å². The Kier molecular flexibility index (Phi) is 3.54. The molecule has 0 amide bonds. The van der Waals surface area contributed by atoms with Gasteiger partial charge in [-0.15, -0.1) is 0 Å². The quantitative estimate of drug-likeness (QED) is 0.810. The molecule has 1 nitrogen and oxygen atoms in total. The number of benzene rings is 1. The molecule has 1 atom stereocenters. The molecule has 18 heavy (non-hydrogen) atoms.